The summed E-state index contributed by atoms with van der Waals surface area (Å²) in [5.41, 5.74) is -0.943. The van der Waals surface area contributed by atoms with Gasteiger partial charge in [-0.25, -0.2) is 9.97 Å². The van der Waals surface area contributed by atoms with Crippen LogP contribution in [0.1, 0.15) is 18.5 Å². The van der Waals surface area contributed by atoms with Gasteiger partial charge in [0.05, 0.1) is 6.10 Å². The molecule has 0 bridgehead atoms. The van der Waals surface area contributed by atoms with E-state index < -0.39 is 18.0 Å². The molecule has 0 aliphatic carbocycles. The molecule has 1 atom stereocenters. The van der Waals surface area contributed by atoms with Crippen LogP contribution in [0.5, 0.6) is 0 Å². The lowest BCUT2D eigenvalue weighted by atomic mass is 10.0. The summed E-state index contributed by atoms with van der Waals surface area (Å²) in [6, 6.07) is 10.8. The number of piperidine rings is 1. The molecule has 1 aliphatic heterocycles. The Kier molecular flexibility index (Phi) is 7.14. The molecular weight excluding hydrogens is 389 g/mol. The molecule has 5 nitrogen and oxygen atoms in total. The van der Waals surface area contributed by atoms with Crippen LogP contribution in [-0.2, 0) is 6.18 Å². The van der Waals surface area contributed by atoms with Crippen molar-refractivity contribution in [1.82, 2.24) is 14.9 Å². The van der Waals surface area contributed by atoms with Crippen molar-refractivity contribution in [2.45, 2.75) is 36.1 Å². The minimum Gasteiger partial charge on any atom is -0.391 e. The number of likely N-dealkylation sites (tertiary alicyclic amines) is 1. The third kappa shape index (κ3) is 6.35. The third-order valence-corrected chi connectivity index (χ3v) is 5.68. The van der Waals surface area contributed by atoms with Crippen LogP contribution in [0.2, 0.25) is 0 Å². The van der Waals surface area contributed by atoms with Gasteiger partial charge in [-0.1, -0.05) is 18.2 Å². The maximum Gasteiger partial charge on any atom is 0.433 e. The monoisotopic (exact) mass is 412 g/mol. The van der Waals surface area contributed by atoms with E-state index in [4.69, 9.17) is 0 Å². The van der Waals surface area contributed by atoms with Gasteiger partial charge in [-0.2, -0.15) is 13.2 Å². The lowest BCUT2D eigenvalue weighted by Gasteiger charge is -2.33. The van der Waals surface area contributed by atoms with Crippen LogP contribution in [0, 0.1) is 0 Å². The second kappa shape index (κ2) is 9.58. The molecule has 3 rings (SSSR count). The molecule has 1 aromatic heterocycles. The maximum absolute atomic E-state index is 12.7. The van der Waals surface area contributed by atoms with Gasteiger partial charge in [0, 0.05) is 42.5 Å². The Bertz CT molecular complexity index is 739. The van der Waals surface area contributed by atoms with Crippen LogP contribution in [0.3, 0.4) is 0 Å². The first-order chi connectivity index (χ1) is 13.4. The molecule has 2 aromatic rings. The maximum atomic E-state index is 12.7. The molecule has 2 N–H and O–H groups in total. The number of benzene rings is 1. The lowest BCUT2D eigenvalue weighted by molar-refractivity contribution is -0.141. The lowest BCUT2D eigenvalue weighted by Crippen LogP contribution is -2.43. The molecule has 1 saturated heterocycles. The summed E-state index contributed by atoms with van der Waals surface area (Å²) in [6.07, 6.45) is -2.26. The van der Waals surface area contributed by atoms with Crippen molar-refractivity contribution in [3.8, 4) is 0 Å². The van der Waals surface area contributed by atoms with E-state index in [0.717, 1.165) is 43.1 Å². The number of alkyl halides is 3. The topological polar surface area (TPSA) is 61.3 Å². The van der Waals surface area contributed by atoms with E-state index >= 15 is 0 Å². The van der Waals surface area contributed by atoms with Gasteiger partial charge in [-0.3, -0.25) is 0 Å². The van der Waals surface area contributed by atoms with Gasteiger partial charge >= 0.3 is 6.18 Å². The molecule has 0 amide bonds. The largest absolute Gasteiger partial charge is 0.433 e. The fourth-order valence-corrected chi connectivity index (χ4v) is 3.93. The van der Waals surface area contributed by atoms with Crippen LogP contribution in [0.25, 0.3) is 0 Å². The van der Waals surface area contributed by atoms with Crippen molar-refractivity contribution in [3.05, 3.63) is 48.3 Å². The van der Waals surface area contributed by atoms with Crippen molar-refractivity contribution < 1.29 is 18.3 Å². The predicted octanol–water partition coefficient (Wildman–Crippen LogP) is 3.52. The van der Waals surface area contributed by atoms with Crippen LogP contribution in [0.15, 0.2) is 47.5 Å². The molecule has 9 heteroatoms. The van der Waals surface area contributed by atoms with E-state index in [1.54, 1.807) is 11.8 Å². The minimum absolute atomic E-state index is 0.00701. The summed E-state index contributed by atoms with van der Waals surface area (Å²) in [5, 5.41) is 13.3. The number of hydrogen-bond acceptors (Lipinski definition) is 6. The number of nitrogens with zero attached hydrogens (tertiary/aromatic N) is 3. The molecule has 0 saturated carbocycles. The summed E-state index contributed by atoms with van der Waals surface area (Å²) >= 11 is 1.63. The Morgan fingerprint density at radius 1 is 1.18 bits per heavy atom. The summed E-state index contributed by atoms with van der Waals surface area (Å²) in [7, 11) is 0. The normalized spacial score (nSPS) is 17.4. The second-order valence-corrected chi connectivity index (χ2v) is 7.85. The molecule has 2 heterocycles. The van der Waals surface area contributed by atoms with Crippen LogP contribution in [-0.4, -0.2) is 57.5 Å². The number of anilines is 1. The zero-order valence-corrected chi connectivity index (χ0v) is 16.1. The van der Waals surface area contributed by atoms with E-state index in [1.165, 1.54) is 0 Å². The van der Waals surface area contributed by atoms with Gasteiger partial charge in [0.15, 0.2) is 0 Å². The SMILES string of the molecule is O[C@H](CSc1ccccc1)CN1CCC(Nc2nccc(C(F)(F)F)n2)CC1. The van der Waals surface area contributed by atoms with Gasteiger partial charge in [0.1, 0.15) is 5.69 Å². The summed E-state index contributed by atoms with van der Waals surface area (Å²) in [5.74, 6) is 0.632. The third-order valence-electron chi connectivity index (χ3n) is 4.52. The average Bonchev–Trinajstić information content (AvgIpc) is 2.68. The molecule has 0 radical (unpaired) electrons. The Balaban J connectivity index is 1.41. The Morgan fingerprint density at radius 2 is 1.89 bits per heavy atom. The Labute approximate surface area is 166 Å². The molecule has 1 aromatic carbocycles. The van der Waals surface area contributed by atoms with Gasteiger partial charge in [0.25, 0.3) is 0 Å². The molecule has 0 spiro atoms. The van der Waals surface area contributed by atoms with Crippen LogP contribution in [0.4, 0.5) is 19.1 Å². The number of aliphatic hydroxyl groups excluding tert-OH is 1. The summed E-state index contributed by atoms with van der Waals surface area (Å²) in [4.78, 5) is 10.8. The molecule has 28 heavy (non-hydrogen) atoms. The molecular formula is C19H23F3N4OS. The smallest absolute Gasteiger partial charge is 0.391 e. The van der Waals surface area contributed by atoms with Crippen molar-refractivity contribution in [2.75, 3.05) is 30.7 Å². The van der Waals surface area contributed by atoms with Crippen molar-refractivity contribution in [2.24, 2.45) is 0 Å². The number of aliphatic hydroxyl groups is 1. The zero-order chi connectivity index (χ0) is 20.0. The molecule has 152 valence electrons. The van der Waals surface area contributed by atoms with Gasteiger partial charge in [0.2, 0.25) is 5.95 Å². The highest BCUT2D eigenvalue weighted by Gasteiger charge is 2.33. The van der Waals surface area contributed by atoms with E-state index in [1.807, 2.05) is 30.3 Å². The summed E-state index contributed by atoms with van der Waals surface area (Å²) in [6.45, 7) is 2.12. The molecule has 0 unspecified atom stereocenters. The van der Waals surface area contributed by atoms with E-state index in [-0.39, 0.29) is 12.0 Å². The van der Waals surface area contributed by atoms with Gasteiger partial charge in [-0.05, 0) is 31.0 Å². The standard InChI is InChI=1S/C19H23F3N4OS/c20-19(21,22)17-6-9-23-18(25-17)24-14-7-10-26(11-8-14)12-15(27)13-28-16-4-2-1-3-5-16/h1-6,9,14-15,27H,7-8,10-13H2,(H,23,24,25)/t15-/m0/s1. The number of β-amino-alcohol motifs (C(OH)–C–C–N with tert-alkyl or cyclic N) is 1. The van der Waals surface area contributed by atoms with Crippen LogP contribution < -0.4 is 5.32 Å². The van der Waals surface area contributed by atoms with E-state index in [0.29, 0.717) is 12.3 Å². The van der Waals surface area contributed by atoms with Gasteiger partial charge < -0.3 is 15.3 Å². The fraction of sp³-hybridized carbons (Fsp3) is 0.474. The minimum atomic E-state index is -4.48. The highest BCUT2D eigenvalue weighted by molar-refractivity contribution is 7.99. The van der Waals surface area contributed by atoms with E-state index in [2.05, 4.69) is 20.2 Å². The Morgan fingerprint density at radius 3 is 2.57 bits per heavy atom. The highest BCUT2D eigenvalue weighted by atomic mass is 32.2. The predicted molar refractivity (Wildman–Crippen MR) is 103 cm³/mol. The molecule has 1 fully saturated rings. The average molecular weight is 412 g/mol. The number of halogens is 3. The van der Waals surface area contributed by atoms with Crippen molar-refractivity contribution in [1.29, 1.82) is 0 Å². The number of hydrogen-bond donors (Lipinski definition) is 2. The number of thioether (sulfide) groups is 1. The first-order valence-electron chi connectivity index (χ1n) is 9.15. The zero-order valence-electron chi connectivity index (χ0n) is 15.3. The number of rotatable bonds is 7. The van der Waals surface area contributed by atoms with Crippen molar-refractivity contribution >= 4 is 17.7 Å². The van der Waals surface area contributed by atoms with Crippen LogP contribution >= 0.6 is 11.8 Å². The number of aromatic nitrogens is 2. The van der Waals surface area contributed by atoms with E-state index in [9.17, 15) is 18.3 Å². The number of nitrogens with one attached hydrogen (secondary N) is 1. The Hall–Kier alpha value is -1.84. The van der Waals surface area contributed by atoms with Gasteiger partial charge in [-0.15, -0.1) is 11.8 Å². The molecule has 1 aliphatic rings. The van der Waals surface area contributed by atoms with Crippen molar-refractivity contribution in [3.63, 3.8) is 0 Å². The highest BCUT2D eigenvalue weighted by Crippen LogP contribution is 2.28. The second-order valence-electron chi connectivity index (χ2n) is 6.76. The summed E-state index contributed by atoms with van der Waals surface area (Å²) < 4.78 is 38.2. The quantitative estimate of drug-likeness (QED) is 0.679. The first kappa shape index (κ1) is 20.9. The first-order valence-corrected chi connectivity index (χ1v) is 10.1. The fourth-order valence-electron chi connectivity index (χ4n) is 3.09.